The predicted octanol–water partition coefficient (Wildman–Crippen LogP) is 1.35. The molecule has 0 aliphatic heterocycles. The number of carbonyl (C=O) groups excluding carboxylic acids is 1. The molecule has 0 aliphatic carbocycles. The van der Waals surface area contributed by atoms with Gasteiger partial charge in [-0.15, -0.1) is 0 Å². The van der Waals surface area contributed by atoms with E-state index in [1.54, 1.807) is 12.1 Å². The Labute approximate surface area is 90.7 Å². The Bertz CT molecular complexity index is 384. The number of amides is 1. The number of primary amides is 1. The van der Waals surface area contributed by atoms with Crippen molar-refractivity contribution in [2.75, 3.05) is 0 Å². The number of hydrogen-bond acceptors (Lipinski definition) is 2. The number of benzene rings is 1. The van der Waals surface area contributed by atoms with E-state index in [9.17, 15) is 4.79 Å². The van der Waals surface area contributed by atoms with E-state index in [2.05, 4.69) is 22.0 Å². The van der Waals surface area contributed by atoms with Crippen LogP contribution >= 0.6 is 15.9 Å². The van der Waals surface area contributed by atoms with Crippen LogP contribution in [-0.4, -0.2) is 10.7 Å². The van der Waals surface area contributed by atoms with Crippen LogP contribution < -0.4 is 5.73 Å². The second kappa shape index (κ2) is 4.77. The first-order chi connectivity index (χ1) is 6.65. The van der Waals surface area contributed by atoms with Gasteiger partial charge in [-0.2, -0.15) is 5.26 Å². The van der Waals surface area contributed by atoms with Crippen molar-refractivity contribution in [3.05, 3.63) is 35.4 Å². The molecule has 1 atom stereocenters. The van der Waals surface area contributed by atoms with E-state index < -0.39 is 10.7 Å². The van der Waals surface area contributed by atoms with Gasteiger partial charge in [0, 0.05) is 0 Å². The molecule has 3 nitrogen and oxygen atoms in total. The molecule has 0 aliphatic rings. The molecule has 0 fully saturated rings. The summed E-state index contributed by atoms with van der Waals surface area (Å²) in [5, 5.41) is 8.79. The number of rotatable bonds is 3. The maximum absolute atomic E-state index is 10.8. The molecular formula is C10H9BrN2O. The van der Waals surface area contributed by atoms with Crippen molar-refractivity contribution in [2.45, 2.75) is 11.2 Å². The summed E-state index contributed by atoms with van der Waals surface area (Å²) >= 11 is 3.16. The molecule has 1 unspecified atom stereocenters. The number of nitriles is 1. The second-order valence-electron chi connectivity index (χ2n) is 2.84. The van der Waals surface area contributed by atoms with Crippen molar-refractivity contribution in [2.24, 2.45) is 5.73 Å². The fourth-order valence-electron chi connectivity index (χ4n) is 1.10. The zero-order valence-corrected chi connectivity index (χ0v) is 8.99. The molecular weight excluding hydrogens is 244 g/mol. The number of nitrogens with zero attached hydrogens (tertiary/aromatic N) is 1. The lowest BCUT2D eigenvalue weighted by Gasteiger charge is -2.06. The molecule has 1 rings (SSSR count). The largest absolute Gasteiger partial charge is 0.369 e. The van der Waals surface area contributed by atoms with Crippen LogP contribution in [0.3, 0.4) is 0 Å². The van der Waals surface area contributed by atoms with Crippen molar-refractivity contribution in [1.82, 2.24) is 0 Å². The molecule has 0 bridgehead atoms. The average molecular weight is 253 g/mol. The van der Waals surface area contributed by atoms with Crippen LogP contribution in [0.1, 0.15) is 11.1 Å². The van der Waals surface area contributed by atoms with Crippen molar-refractivity contribution in [1.29, 1.82) is 5.26 Å². The van der Waals surface area contributed by atoms with Gasteiger partial charge in [-0.05, 0) is 18.1 Å². The summed E-state index contributed by atoms with van der Waals surface area (Å²) in [6.07, 6.45) is 0.444. The zero-order chi connectivity index (χ0) is 10.6. The van der Waals surface area contributed by atoms with E-state index in [-0.39, 0.29) is 0 Å². The minimum atomic E-state index is -0.419. The Morgan fingerprint density at radius 3 is 2.79 bits per heavy atom. The van der Waals surface area contributed by atoms with Gasteiger partial charge in [0.25, 0.3) is 0 Å². The zero-order valence-electron chi connectivity index (χ0n) is 7.40. The van der Waals surface area contributed by atoms with Crippen molar-refractivity contribution in [3.8, 4) is 6.07 Å². The van der Waals surface area contributed by atoms with Gasteiger partial charge in [0.2, 0.25) is 5.91 Å². The van der Waals surface area contributed by atoms with Crippen LogP contribution in [0, 0.1) is 11.3 Å². The number of nitrogens with two attached hydrogens (primary N) is 1. The monoisotopic (exact) mass is 252 g/mol. The first-order valence-electron chi connectivity index (χ1n) is 4.06. The third-order valence-corrected chi connectivity index (χ3v) is 2.62. The fourth-order valence-corrected chi connectivity index (χ4v) is 1.45. The van der Waals surface area contributed by atoms with Crippen LogP contribution in [0.25, 0.3) is 0 Å². The van der Waals surface area contributed by atoms with Crippen LogP contribution in [0.15, 0.2) is 24.3 Å². The van der Waals surface area contributed by atoms with Crippen LogP contribution in [0.5, 0.6) is 0 Å². The molecule has 1 aromatic carbocycles. The van der Waals surface area contributed by atoms with E-state index >= 15 is 0 Å². The summed E-state index contributed by atoms with van der Waals surface area (Å²) in [6.45, 7) is 0. The summed E-state index contributed by atoms with van der Waals surface area (Å²) in [4.78, 5) is 10.4. The molecule has 1 amide bonds. The van der Waals surface area contributed by atoms with E-state index in [1.807, 2.05) is 12.1 Å². The molecule has 4 heteroatoms. The number of hydrogen-bond donors (Lipinski definition) is 1. The van der Waals surface area contributed by atoms with Gasteiger partial charge < -0.3 is 5.73 Å². The summed E-state index contributed by atoms with van der Waals surface area (Å²) in [5.41, 5.74) is 6.52. The molecule has 0 spiro atoms. The van der Waals surface area contributed by atoms with Gasteiger partial charge in [0.1, 0.15) is 0 Å². The third kappa shape index (κ3) is 2.57. The maximum atomic E-state index is 10.8. The van der Waals surface area contributed by atoms with Gasteiger partial charge in [0.05, 0.1) is 16.5 Å². The Morgan fingerprint density at radius 2 is 2.21 bits per heavy atom. The van der Waals surface area contributed by atoms with Gasteiger partial charge in [-0.1, -0.05) is 34.1 Å². The molecule has 0 aromatic heterocycles. The fraction of sp³-hybridized carbons (Fsp3) is 0.200. The SMILES string of the molecule is N#Cc1ccccc1CC(Br)C(N)=O. The minimum absolute atomic E-state index is 0.419. The topological polar surface area (TPSA) is 66.9 Å². The summed E-state index contributed by atoms with van der Waals surface area (Å²) < 4.78 is 0. The van der Waals surface area contributed by atoms with E-state index in [0.29, 0.717) is 12.0 Å². The molecule has 2 N–H and O–H groups in total. The van der Waals surface area contributed by atoms with E-state index in [0.717, 1.165) is 5.56 Å². The number of carbonyl (C=O) groups is 1. The Hall–Kier alpha value is -1.34. The molecule has 1 aromatic rings. The third-order valence-electron chi connectivity index (χ3n) is 1.85. The Kier molecular flexibility index (Phi) is 3.66. The normalized spacial score (nSPS) is 11.7. The highest BCUT2D eigenvalue weighted by atomic mass is 79.9. The highest BCUT2D eigenvalue weighted by Crippen LogP contribution is 2.13. The first-order valence-corrected chi connectivity index (χ1v) is 4.98. The highest BCUT2D eigenvalue weighted by Gasteiger charge is 2.13. The van der Waals surface area contributed by atoms with Gasteiger partial charge in [0.15, 0.2) is 0 Å². The van der Waals surface area contributed by atoms with E-state index in [4.69, 9.17) is 11.0 Å². The lowest BCUT2D eigenvalue weighted by atomic mass is 10.0. The van der Waals surface area contributed by atoms with Gasteiger partial charge in [-0.25, -0.2) is 0 Å². The predicted molar refractivity (Wildman–Crippen MR) is 56.8 cm³/mol. The minimum Gasteiger partial charge on any atom is -0.369 e. The van der Waals surface area contributed by atoms with Gasteiger partial charge >= 0.3 is 0 Å². The number of halogens is 1. The van der Waals surface area contributed by atoms with Crippen LogP contribution in [0.4, 0.5) is 0 Å². The lowest BCUT2D eigenvalue weighted by Crippen LogP contribution is -2.25. The van der Waals surface area contributed by atoms with Crippen molar-refractivity contribution in [3.63, 3.8) is 0 Å². The molecule has 0 saturated heterocycles. The molecule has 14 heavy (non-hydrogen) atoms. The second-order valence-corrected chi connectivity index (χ2v) is 3.95. The van der Waals surface area contributed by atoms with Crippen LogP contribution in [0.2, 0.25) is 0 Å². The van der Waals surface area contributed by atoms with Crippen LogP contribution in [-0.2, 0) is 11.2 Å². The molecule has 0 heterocycles. The Balaban J connectivity index is 2.87. The highest BCUT2D eigenvalue weighted by molar-refractivity contribution is 9.10. The standard InChI is InChI=1S/C10H9BrN2O/c11-9(10(13)14)5-7-3-1-2-4-8(7)6-12/h1-4,9H,5H2,(H2,13,14). The molecule has 0 radical (unpaired) electrons. The molecule has 72 valence electrons. The summed E-state index contributed by atoms with van der Waals surface area (Å²) in [6, 6.07) is 9.22. The van der Waals surface area contributed by atoms with E-state index in [1.165, 1.54) is 0 Å². The molecule has 0 saturated carbocycles. The maximum Gasteiger partial charge on any atom is 0.231 e. The lowest BCUT2D eigenvalue weighted by molar-refractivity contribution is -0.117. The van der Waals surface area contributed by atoms with Crippen molar-refractivity contribution < 1.29 is 4.79 Å². The van der Waals surface area contributed by atoms with Crippen molar-refractivity contribution >= 4 is 21.8 Å². The summed E-state index contributed by atoms with van der Waals surface area (Å²) in [7, 11) is 0. The van der Waals surface area contributed by atoms with Gasteiger partial charge in [-0.3, -0.25) is 4.79 Å². The smallest absolute Gasteiger partial charge is 0.231 e. The number of alkyl halides is 1. The first kappa shape index (κ1) is 10.7. The summed E-state index contributed by atoms with van der Waals surface area (Å²) in [5.74, 6) is -0.419. The quantitative estimate of drug-likeness (QED) is 0.826. The Morgan fingerprint density at radius 1 is 1.57 bits per heavy atom. The average Bonchev–Trinajstić information content (AvgIpc) is 2.18.